The van der Waals surface area contributed by atoms with Crippen LogP contribution in [-0.4, -0.2) is 29.7 Å². The summed E-state index contributed by atoms with van der Waals surface area (Å²) in [7, 11) is 0. The van der Waals surface area contributed by atoms with E-state index < -0.39 is 30.8 Å². The van der Waals surface area contributed by atoms with E-state index in [9.17, 15) is 18.0 Å². The number of nitrogens with one attached hydrogen (secondary N) is 1. The smallest absolute Gasteiger partial charge is 0.317 e. The van der Waals surface area contributed by atoms with Crippen LogP contribution in [0.1, 0.15) is 18.5 Å². The van der Waals surface area contributed by atoms with Crippen LogP contribution in [0.5, 0.6) is 0 Å². The van der Waals surface area contributed by atoms with Crippen LogP contribution in [0.3, 0.4) is 0 Å². The van der Waals surface area contributed by atoms with Crippen LogP contribution in [0.2, 0.25) is 0 Å². The first-order chi connectivity index (χ1) is 8.38. The number of hydrogen-bond acceptors (Lipinski definition) is 2. The molecule has 0 radical (unpaired) electrons. The number of rotatable bonds is 2. The number of carbonyl (C=O) groups is 1. The highest BCUT2D eigenvalue weighted by atomic mass is 19.4. The number of nitrogens with zero attached hydrogens (tertiary/aromatic N) is 1. The first kappa shape index (κ1) is 12.9. The topological polar surface area (TPSA) is 32.3 Å². The molecule has 0 saturated carbocycles. The summed E-state index contributed by atoms with van der Waals surface area (Å²) in [5.74, 6) is -0.536. The van der Waals surface area contributed by atoms with Crippen molar-refractivity contribution in [2.24, 2.45) is 0 Å². The zero-order valence-electron chi connectivity index (χ0n) is 9.74. The number of hydrogen-bond donors (Lipinski definition) is 1. The first-order valence-corrected chi connectivity index (χ1v) is 5.57. The van der Waals surface area contributed by atoms with E-state index in [2.05, 4.69) is 5.32 Å². The molecule has 0 bridgehead atoms. The van der Waals surface area contributed by atoms with E-state index in [1.165, 1.54) is 0 Å². The summed E-state index contributed by atoms with van der Waals surface area (Å²) >= 11 is 0. The highest BCUT2D eigenvalue weighted by Gasteiger charge is 2.43. The van der Waals surface area contributed by atoms with Gasteiger partial charge in [0.05, 0.1) is 6.17 Å². The average Bonchev–Trinajstić information content (AvgIpc) is 2.56. The highest BCUT2D eigenvalue weighted by Crippen LogP contribution is 2.27. The van der Waals surface area contributed by atoms with E-state index >= 15 is 0 Å². The van der Waals surface area contributed by atoms with Crippen LogP contribution in [0.15, 0.2) is 30.3 Å². The van der Waals surface area contributed by atoms with Crippen LogP contribution in [0, 0.1) is 0 Å². The molecule has 0 aliphatic carbocycles. The maximum absolute atomic E-state index is 12.4. The molecule has 1 heterocycles. The fraction of sp³-hybridized carbons (Fsp3) is 0.417. The molecule has 0 spiro atoms. The van der Waals surface area contributed by atoms with Crippen molar-refractivity contribution >= 4 is 5.91 Å². The fourth-order valence-electron chi connectivity index (χ4n) is 2.05. The second-order valence-corrected chi connectivity index (χ2v) is 4.27. The summed E-state index contributed by atoms with van der Waals surface area (Å²) in [6.45, 7) is 0.329. The zero-order chi connectivity index (χ0) is 13.3. The normalized spacial score (nSPS) is 24.7. The highest BCUT2D eigenvalue weighted by molar-refractivity contribution is 5.85. The van der Waals surface area contributed by atoms with Gasteiger partial charge in [0.1, 0.15) is 12.6 Å². The maximum Gasteiger partial charge on any atom is 0.406 e. The Balaban J connectivity index is 2.17. The Hall–Kier alpha value is -1.56. The molecule has 1 amide bonds. The van der Waals surface area contributed by atoms with Crippen molar-refractivity contribution in [2.75, 3.05) is 6.54 Å². The Morgan fingerprint density at radius 3 is 2.44 bits per heavy atom. The summed E-state index contributed by atoms with van der Waals surface area (Å²) in [5.41, 5.74) is 0.680. The predicted molar refractivity (Wildman–Crippen MR) is 59.5 cm³/mol. The van der Waals surface area contributed by atoms with Crippen LogP contribution < -0.4 is 5.32 Å². The molecular weight excluding hydrogens is 245 g/mol. The molecule has 98 valence electrons. The van der Waals surface area contributed by atoms with Crippen LogP contribution in [-0.2, 0) is 4.79 Å². The lowest BCUT2D eigenvalue weighted by molar-refractivity contribution is -0.160. The van der Waals surface area contributed by atoms with Gasteiger partial charge in [0.25, 0.3) is 0 Å². The van der Waals surface area contributed by atoms with E-state index in [0.29, 0.717) is 5.56 Å². The van der Waals surface area contributed by atoms with Gasteiger partial charge in [-0.3, -0.25) is 10.1 Å². The average molecular weight is 258 g/mol. The van der Waals surface area contributed by atoms with Gasteiger partial charge in [0.2, 0.25) is 5.91 Å². The maximum atomic E-state index is 12.4. The standard InChI is InChI=1S/C12H13F3N2O/c1-8-16-10(9-5-3-2-4-6-9)11(18)17(8)7-12(13,14)15/h2-6,8,10,16H,7H2,1H3. The van der Waals surface area contributed by atoms with Crippen LogP contribution in [0.4, 0.5) is 13.2 Å². The van der Waals surface area contributed by atoms with Gasteiger partial charge in [-0.15, -0.1) is 0 Å². The Bertz CT molecular complexity index is 433. The van der Waals surface area contributed by atoms with Gasteiger partial charge in [-0.25, -0.2) is 0 Å². The minimum atomic E-state index is -4.38. The van der Waals surface area contributed by atoms with Crippen molar-refractivity contribution in [3.8, 4) is 0 Å². The lowest BCUT2D eigenvalue weighted by Gasteiger charge is -2.21. The molecule has 0 aromatic heterocycles. The number of carbonyl (C=O) groups excluding carboxylic acids is 1. The molecule has 6 heteroatoms. The Morgan fingerprint density at radius 2 is 1.89 bits per heavy atom. The van der Waals surface area contributed by atoms with Crippen molar-refractivity contribution in [3.63, 3.8) is 0 Å². The van der Waals surface area contributed by atoms with Crippen molar-refractivity contribution < 1.29 is 18.0 Å². The molecular formula is C12H13F3N2O. The molecule has 2 atom stereocenters. The number of halogens is 3. The Labute approximate surface area is 103 Å². The van der Waals surface area contributed by atoms with Crippen molar-refractivity contribution in [1.29, 1.82) is 0 Å². The largest absolute Gasteiger partial charge is 0.406 e. The number of alkyl halides is 3. The summed E-state index contributed by atoms with van der Waals surface area (Å²) in [5, 5.41) is 2.87. The third-order valence-electron chi connectivity index (χ3n) is 2.89. The number of amides is 1. The van der Waals surface area contributed by atoms with Gasteiger partial charge >= 0.3 is 6.18 Å². The van der Waals surface area contributed by atoms with Gasteiger partial charge in [0.15, 0.2) is 0 Å². The van der Waals surface area contributed by atoms with Gasteiger partial charge in [0, 0.05) is 0 Å². The van der Waals surface area contributed by atoms with Gasteiger partial charge < -0.3 is 4.90 Å². The minimum Gasteiger partial charge on any atom is -0.317 e. The Kier molecular flexibility index (Phi) is 3.30. The molecule has 2 unspecified atom stereocenters. The van der Waals surface area contributed by atoms with E-state index in [-0.39, 0.29) is 0 Å². The van der Waals surface area contributed by atoms with E-state index in [1.807, 2.05) is 0 Å². The van der Waals surface area contributed by atoms with Gasteiger partial charge in [-0.2, -0.15) is 13.2 Å². The SMILES string of the molecule is CC1NC(c2ccccc2)C(=O)N1CC(F)(F)F. The van der Waals surface area contributed by atoms with Crippen LogP contribution >= 0.6 is 0 Å². The predicted octanol–water partition coefficient (Wildman–Crippen LogP) is 2.07. The molecule has 1 aromatic rings. The molecule has 1 N–H and O–H groups in total. The summed E-state index contributed by atoms with van der Waals surface area (Å²) < 4.78 is 37.1. The van der Waals surface area contributed by atoms with E-state index in [0.717, 1.165) is 4.90 Å². The summed E-state index contributed by atoms with van der Waals surface area (Å²) in [6.07, 6.45) is -5.00. The molecule has 1 aliphatic rings. The van der Waals surface area contributed by atoms with Gasteiger partial charge in [-0.1, -0.05) is 30.3 Å². The van der Waals surface area contributed by atoms with Crippen molar-refractivity contribution in [1.82, 2.24) is 10.2 Å². The second kappa shape index (κ2) is 4.61. The monoisotopic (exact) mass is 258 g/mol. The Morgan fingerprint density at radius 1 is 1.28 bits per heavy atom. The fourth-order valence-corrected chi connectivity index (χ4v) is 2.05. The number of benzene rings is 1. The van der Waals surface area contributed by atoms with E-state index in [4.69, 9.17) is 0 Å². The van der Waals surface area contributed by atoms with Crippen molar-refractivity contribution in [3.05, 3.63) is 35.9 Å². The van der Waals surface area contributed by atoms with Crippen molar-refractivity contribution in [2.45, 2.75) is 25.3 Å². The van der Waals surface area contributed by atoms with Crippen LogP contribution in [0.25, 0.3) is 0 Å². The minimum absolute atomic E-state index is 0.536. The van der Waals surface area contributed by atoms with E-state index in [1.54, 1.807) is 37.3 Å². The molecule has 18 heavy (non-hydrogen) atoms. The first-order valence-electron chi connectivity index (χ1n) is 5.57. The molecule has 3 nitrogen and oxygen atoms in total. The summed E-state index contributed by atoms with van der Waals surface area (Å²) in [4.78, 5) is 12.8. The molecule has 1 saturated heterocycles. The lowest BCUT2D eigenvalue weighted by atomic mass is 10.1. The lowest BCUT2D eigenvalue weighted by Crippen LogP contribution is -2.41. The zero-order valence-corrected chi connectivity index (χ0v) is 9.74. The second-order valence-electron chi connectivity index (χ2n) is 4.27. The third kappa shape index (κ3) is 2.64. The summed E-state index contributed by atoms with van der Waals surface area (Å²) in [6, 6.07) is 8.05. The molecule has 1 aliphatic heterocycles. The molecule has 1 aromatic carbocycles. The third-order valence-corrected chi connectivity index (χ3v) is 2.89. The molecule has 1 fully saturated rings. The van der Waals surface area contributed by atoms with Gasteiger partial charge in [-0.05, 0) is 12.5 Å². The molecule has 2 rings (SSSR count). The quantitative estimate of drug-likeness (QED) is 0.880.